The standard InChI is InChI=1S/C18H32OSi/c1-8-11-17-12-9-10-13-18(17)19-20(14(2)3,15(4)5)16(6)7/h8,10,13-16H,1,9,11-12H2,2-7H3. The summed E-state index contributed by atoms with van der Waals surface area (Å²) in [5, 5.41) is 0. The number of hydrogen-bond donors (Lipinski definition) is 0. The van der Waals surface area contributed by atoms with Gasteiger partial charge in [-0.3, -0.25) is 0 Å². The first-order chi connectivity index (χ1) is 9.36. The average Bonchev–Trinajstić information content (AvgIpc) is 2.36. The summed E-state index contributed by atoms with van der Waals surface area (Å²) in [6.07, 6.45) is 9.67. The molecule has 0 spiro atoms. The minimum Gasteiger partial charge on any atom is -0.543 e. The van der Waals surface area contributed by atoms with Crippen molar-refractivity contribution in [2.24, 2.45) is 0 Å². The van der Waals surface area contributed by atoms with Crippen molar-refractivity contribution in [3.63, 3.8) is 0 Å². The lowest BCUT2D eigenvalue weighted by atomic mass is 10.0. The summed E-state index contributed by atoms with van der Waals surface area (Å²) in [5.74, 6) is 1.15. The third-order valence-corrected chi connectivity index (χ3v) is 10.6. The van der Waals surface area contributed by atoms with Crippen LogP contribution in [0.25, 0.3) is 0 Å². The van der Waals surface area contributed by atoms with Crippen LogP contribution in [0.5, 0.6) is 0 Å². The monoisotopic (exact) mass is 292 g/mol. The van der Waals surface area contributed by atoms with Crippen LogP contribution in [0.2, 0.25) is 16.6 Å². The van der Waals surface area contributed by atoms with Crippen LogP contribution in [0.1, 0.15) is 60.8 Å². The molecule has 1 nitrogen and oxygen atoms in total. The zero-order valence-corrected chi connectivity index (χ0v) is 15.2. The first kappa shape index (κ1) is 17.3. The van der Waals surface area contributed by atoms with Crippen molar-refractivity contribution >= 4 is 8.32 Å². The third kappa shape index (κ3) is 3.46. The molecule has 0 radical (unpaired) electrons. The molecule has 0 aromatic rings. The van der Waals surface area contributed by atoms with Crippen LogP contribution in [-0.4, -0.2) is 8.32 Å². The van der Waals surface area contributed by atoms with E-state index in [0.717, 1.165) is 25.0 Å². The van der Waals surface area contributed by atoms with E-state index in [2.05, 4.69) is 60.3 Å². The van der Waals surface area contributed by atoms with Crippen molar-refractivity contribution in [1.29, 1.82) is 0 Å². The fourth-order valence-corrected chi connectivity index (χ4v) is 9.02. The SMILES string of the molecule is C=CCC1=C(O[Si](C(C)C)(C(C)C)C(C)C)C=CCC1. The van der Waals surface area contributed by atoms with Crippen molar-refractivity contribution in [1.82, 2.24) is 0 Å². The van der Waals surface area contributed by atoms with E-state index in [4.69, 9.17) is 4.43 Å². The Balaban J connectivity index is 3.17. The highest BCUT2D eigenvalue weighted by molar-refractivity contribution is 6.77. The molecule has 2 heteroatoms. The zero-order valence-electron chi connectivity index (χ0n) is 14.2. The quantitative estimate of drug-likeness (QED) is 0.392. The molecule has 20 heavy (non-hydrogen) atoms. The fourth-order valence-electron chi connectivity index (χ4n) is 3.72. The first-order valence-electron chi connectivity index (χ1n) is 8.04. The van der Waals surface area contributed by atoms with Gasteiger partial charge in [0.1, 0.15) is 5.76 Å². The summed E-state index contributed by atoms with van der Waals surface area (Å²) in [5.41, 5.74) is 3.29. The lowest BCUT2D eigenvalue weighted by Gasteiger charge is -2.43. The van der Waals surface area contributed by atoms with Gasteiger partial charge in [0.25, 0.3) is 8.32 Å². The molecule has 114 valence electrons. The lowest BCUT2D eigenvalue weighted by molar-refractivity contribution is 0.376. The molecule has 0 aromatic carbocycles. The molecular formula is C18H32OSi. The van der Waals surface area contributed by atoms with Crippen LogP contribution < -0.4 is 0 Å². The van der Waals surface area contributed by atoms with E-state index in [1.165, 1.54) is 5.57 Å². The summed E-state index contributed by atoms with van der Waals surface area (Å²) in [4.78, 5) is 0. The number of allylic oxidation sites excluding steroid dienone is 4. The molecule has 0 bridgehead atoms. The van der Waals surface area contributed by atoms with Gasteiger partial charge in [-0.2, -0.15) is 0 Å². The zero-order chi connectivity index (χ0) is 15.3. The van der Waals surface area contributed by atoms with Gasteiger partial charge in [-0.1, -0.05) is 53.7 Å². The Morgan fingerprint density at radius 2 is 1.70 bits per heavy atom. The van der Waals surface area contributed by atoms with Gasteiger partial charge in [0.2, 0.25) is 0 Å². The van der Waals surface area contributed by atoms with E-state index in [-0.39, 0.29) is 0 Å². The van der Waals surface area contributed by atoms with Gasteiger partial charge in [-0.15, -0.1) is 6.58 Å². The Kier molecular flexibility index (Phi) is 6.31. The molecule has 0 aliphatic heterocycles. The topological polar surface area (TPSA) is 9.23 Å². The summed E-state index contributed by atoms with van der Waals surface area (Å²) in [6, 6.07) is 0. The molecule has 0 aromatic heterocycles. The highest BCUT2D eigenvalue weighted by Crippen LogP contribution is 2.44. The van der Waals surface area contributed by atoms with Crippen molar-refractivity contribution in [2.45, 2.75) is 77.4 Å². The summed E-state index contributed by atoms with van der Waals surface area (Å²) in [7, 11) is -1.83. The fraction of sp³-hybridized carbons (Fsp3) is 0.667. The van der Waals surface area contributed by atoms with E-state index in [9.17, 15) is 0 Å². The highest BCUT2D eigenvalue weighted by atomic mass is 28.4. The molecule has 0 heterocycles. The van der Waals surface area contributed by atoms with E-state index >= 15 is 0 Å². The van der Waals surface area contributed by atoms with Crippen LogP contribution in [-0.2, 0) is 4.43 Å². The van der Waals surface area contributed by atoms with Crippen molar-refractivity contribution in [3.8, 4) is 0 Å². The maximum absolute atomic E-state index is 6.81. The van der Waals surface area contributed by atoms with Gasteiger partial charge in [0.05, 0.1) is 0 Å². The second-order valence-corrected chi connectivity index (χ2v) is 12.2. The van der Waals surface area contributed by atoms with Gasteiger partial charge in [0, 0.05) is 0 Å². The Hall–Kier alpha value is -0.763. The van der Waals surface area contributed by atoms with Crippen molar-refractivity contribution in [3.05, 3.63) is 36.1 Å². The Labute approximate surface area is 126 Å². The molecule has 0 saturated carbocycles. The van der Waals surface area contributed by atoms with E-state index in [1.807, 2.05) is 6.08 Å². The maximum Gasteiger partial charge on any atom is 0.258 e. The van der Waals surface area contributed by atoms with Gasteiger partial charge < -0.3 is 4.43 Å². The smallest absolute Gasteiger partial charge is 0.258 e. The highest BCUT2D eigenvalue weighted by Gasteiger charge is 2.47. The number of rotatable bonds is 7. The van der Waals surface area contributed by atoms with Gasteiger partial charge in [-0.05, 0) is 47.5 Å². The Bertz CT molecular complexity index is 366. The summed E-state index contributed by atoms with van der Waals surface area (Å²) >= 11 is 0. The molecule has 0 N–H and O–H groups in total. The van der Waals surface area contributed by atoms with Gasteiger partial charge >= 0.3 is 0 Å². The largest absolute Gasteiger partial charge is 0.543 e. The second-order valence-electron chi connectivity index (χ2n) is 6.82. The molecule has 1 rings (SSSR count). The number of hydrogen-bond acceptors (Lipinski definition) is 1. The molecule has 1 aliphatic rings. The molecule has 0 amide bonds. The van der Waals surface area contributed by atoms with Gasteiger partial charge in [0.15, 0.2) is 0 Å². The molecule has 0 saturated heterocycles. The molecule has 1 aliphatic carbocycles. The summed E-state index contributed by atoms with van der Waals surface area (Å²) in [6.45, 7) is 17.9. The first-order valence-corrected chi connectivity index (χ1v) is 10.2. The van der Waals surface area contributed by atoms with Crippen molar-refractivity contribution < 1.29 is 4.43 Å². The van der Waals surface area contributed by atoms with Crippen LogP contribution >= 0.6 is 0 Å². The predicted octanol–water partition coefficient (Wildman–Crippen LogP) is 6.36. The van der Waals surface area contributed by atoms with Crippen LogP contribution in [0.4, 0.5) is 0 Å². The molecular weight excluding hydrogens is 260 g/mol. The van der Waals surface area contributed by atoms with Gasteiger partial charge in [-0.25, -0.2) is 0 Å². The minimum atomic E-state index is -1.83. The normalized spacial score (nSPS) is 16.4. The van der Waals surface area contributed by atoms with E-state index < -0.39 is 8.32 Å². The summed E-state index contributed by atoms with van der Waals surface area (Å²) < 4.78 is 6.81. The second kappa shape index (κ2) is 7.30. The molecule has 0 fully saturated rings. The Morgan fingerprint density at radius 3 is 2.15 bits per heavy atom. The molecule has 0 unspecified atom stereocenters. The van der Waals surface area contributed by atoms with Crippen LogP contribution in [0.3, 0.4) is 0 Å². The average molecular weight is 293 g/mol. The Morgan fingerprint density at radius 1 is 1.15 bits per heavy atom. The van der Waals surface area contributed by atoms with Crippen LogP contribution in [0, 0.1) is 0 Å². The maximum atomic E-state index is 6.81. The predicted molar refractivity (Wildman–Crippen MR) is 92.3 cm³/mol. The van der Waals surface area contributed by atoms with E-state index in [1.54, 1.807) is 0 Å². The van der Waals surface area contributed by atoms with Crippen molar-refractivity contribution in [2.75, 3.05) is 0 Å². The van der Waals surface area contributed by atoms with E-state index in [0.29, 0.717) is 16.6 Å². The minimum absolute atomic E-state index is 0.621. The molecule has 0 atom stereocenters. The third-order valence-electron chi connectivity index (χ3n) is 4.62. The van der Waals surface area contributed by atoms with Crippen LogP contribution in [0.15, 0.2) is 36.1 Å². The lowest BCUT2D eigenvalue weighted by Crippen LogP contribution is -2.47.